The average molecular weight is 353 g/mol. The highest BCUT2D eigenvalue weighted by molar-refractivity contribution is 7.92. The Morgan fingerprint density at radius 2 is 1.74 bits per heavy atom. The number of amides is 1. The van der Waals surface area contributed by atoms with Crippen molar-refractivity contribution in [3.8, 4) is 0 Å². The maximum Gasteiger partial charge on any atom is 0.264 e. The number of hydrogen-bond acceptors (Lipinski definition) is 3. The maximum atomic E-state index is 12.9. The molecule has 2 rings (SSSR count). The zero-order valence-corrected chi connectivity index (χ0v) is 14.4. The zero-order chi connectivity index (χ0) is 17.2. The van der Waals surface area contributed by atoms with Crippen LogP contribution in [-0.2, 0) is 14.8 Å². The molecule has 0 atom stereocenters. The number of anilines is 1. The van der Waals surface area contributed by atoms with E-state index in [2.05, 4.69) is 0 Å². The topological polar surface area (TPSA) is 80.5 Å². The van der Waals surface area contributed by atoms with Crippen molar-refractivity contribution in [2.24, 2.45) is 5.73 Å². The summed E-state index contributed by atoms with van der Waals surface area (Å²) in [6, 6.07) is 11.1. The first-order chi connectivity index (χ1) is 10.7. The highest BCUT2D eigenvalue weighted by atomic mass is 35.5. The first-order valence-corrected chi connectivity index (χ1v) is 8.67. The second kappa shape index (κ2) is 6.60. The lowest BCUT2D eigenvalue weighted by molar-refractivity contribution is -0.116. The summed E-state index contributed by atoms with van der Waals surface area (Å²) in [7, 11) is -3.91. The number of sulfonamides is 1. The van der Waals surface area contributed by atoms with Crippen LogP contribution in [-0.4, -0.2) is 20.9 Å². The molecule has 0 bridgehead atoms. The Kier molecular flexibility index (Phi) is 4.97. The maximum absolute atomic E-state index is 12.9. The molecule has 0 heterocycles. The standard InChI is InChI=1S/C16H17ClN2O3S/c1-11-3-6-14(7-4-11)23(21,22)19(10-16(18)20)13-5-8-15(17)12(2)9-13/h3-9H,10H2,1-2H3,(H2,18,20). The van der Waals surface area contributed by atoms with Crippen LogP contribution in [0.15, 0.2) is 47.4 Å². The van der Waals surface area contributed by atoms with Crippen LogP contribution in [0.25, 0.3) is 0 Å². The van der Waals surface area contributed by atoms with Gasteiger partial charge < -0.3 is 5.73 Å². The molecule has 2 N–H and O–H groups in total. The van der Waals surface area contributed by atoms with E-state index in [0.29, 0.717) is 16.3 Å². The number of benzene rings is 2. The lowest BCUT2D eigenvalue weighted by Crippen LogP contribution is -2.38. The van der Waals surface area contributed by atoms with E-state index in [0.717, 1.165) is 9.87 Å². The molecule has 0 aromatic heterocycles. The monoisotopic (exact) mass is 352 g/mol. The largest absolute Gasteiger partial charge is 0.368 e. The molecule has 1 amide bonds. The van der Waals surface area contributed by atoms with Crippen molar-refractivity contribution in [1.82, 2.24) is 0 Å². The van der Waals surface area contributed by atoms with E-state index in [-0.39, 0.29) is 4.90 Å². The summed E-state index contributed by atoms with van der Waals surface area (Å²) in [5, 5.41) is 0.514. The van der Waals surface area contributed by atoms with E-state index in [1.807, 2.05) is 6.92 Å². The lowest BCUT2D eigenvalue weighted by Gasteiger charge is -2.23. The number of aryl methyl sites for hydroxylation is 2. The molecule has 0 saturated carbocycles. The van der Waals surface area contributed by atoms with Crippen LogP contribution in [0.4, 0.5) is 5.69 Å². The third kappa shape index (κ3) is 3.83. The third-order valence-electron chi connectivity index (χ3n) is 3.34. The Morgan fingerprint density at radius 1 is 1.13 bits per heavy atom. The predicted octanol–water partition coefficient (Wildman–Crippen LogP) is 2.64. The van der Waals surface area contributed by atoms with Gasteiger partial charge in [0.15, 0.2) is 0 Å². The summed E-state index contributed by atoms with van der Waals surface area (Å²) in [5.74, 6) is -0.742. The van der Waals surface area contributed by atoms with Gasteiger partial charge in [0.1, 0.15) is 6.54 Å². The number of primary amides is 1. The molecule has 0 radical (unpaired) electrons. The van der Waals surface area contributed by atoms with Crippen molar-refractivity contribution in [1.29, 1.82) is 0 Å². The molecule has 0 unspecified atom stereocenters. The minimum atomic E-state index is -3.91. The van der Waals surface area contributed by atoms with Gasteiger partial charge in [-0.05, 0) is 49.7 Å². The SMILES string of the molecule is Cc1ccc(S(=O)(=O)N(CC(N)=O)c2ccc(Cl)c(C)c2)cc1. The Morgan fingerprint density at radius 3 is 2.26 bits per heavy atom. The van der Waals surface area contributed by atoms with E-state index in [9.17, 15) is 13.2 Å². The number of hydrogen-bond donors (Lipinski definition) is 1. The van der Waals surface area contributed by atoms with Crippen LogP contribution in [0.2, 0.25) is 5.02 Å². The van der Waals surface area contributed by atoms with Crippen LogP contribution >= 0.6 is 11.6 Å². The summed E-state index contributed by atoms with van der Waals surface area (Å²) in [5.41, 5.74) is 7.21. The van der Waals surface area contributed by atoms with Crippen LogP contribution < -0.4 is 10.0 Å². The van der Waals surface area contributed by atoms with Gasteiger partial charge in [-0.25, -0.2) is 8.42 Å². The van der Waals surface area contributed by atoms with E-state index in [1.165, 1.54) is 12.1 Å². The molecular formula is C16H17ClN2O3S. The Labute approximate surface area is 140 Å². The van der Waals surface area contributed by atoms with Gasteiger partial charge in [0.05, 0.1) is 10.6 Å². The summed E-state index contributed by atoms with van der Waals surface area (Å²) in [6.45, 7) is 3.17. The number of rotatable bonds is 5. The molecule has 2 aromatic rings. The average Bonchev–Trinajstić information content (AvgIpc) is 2.48. The molecule has 23 heavy (non-hydrogen) atoms. The Bertz CT molecular complexity index is 833. The third-order valence-corrected chi connectivity index (χ3v) is 5.55. The van der Waals surface area contributed by atoms with Crippen molar-refractivity contribution in [3.63, 3.8) is 0 Å². The molecule has 0 spiro atoms. The minimum Gasteiger partial charge on any atom is -0.368 e. The lowest BCUT2D eigenvalue weighted by atomic mass is 10.2. The highest BCUT2D eigenvalue weighted by Crippen LogP contribution is 2.27. The number of nitrogens with zero attached hydrogens (tertiary/aromatic N) is 1. The second-order valence-electron chi connectivity index (χ2n) is 5.22. The zero-order valence-electron chi connectivity index (χ0n) is 12.8. The van der Waals surface area contributed by atoms with E-state index in [1.54, 1.807) is 37.3 Å². The van der Waals surface area contributed by atoms with Crippen molar-refractivity contribution in [2.45, 2.75) is 18.7 Å². The van der Waals surface area contributed by atoms with Gasteiger partial charge >= 0.3 is 0 Å². The molecule has 0 saturated heterocycles. The van der Waals surface area contributed by atoms with Gasteiger partial charge in [-0.1, -0.05) is 29.3 Å². The summed E-state index contributed by atoms with van der Waals surface area (Å²) in [4.78, 5) is 11.5. The fraction of sp³-hybridized carbons (Fsp3) is 0.188. The summed E-state index contributed by atoms with van der Waals surface area (Å²) < 4.78 is 26.7. The van der Waals surface area contributed by atoms with Gasteiger partial charge in [0.2, 0.25) is 5.91 Å². The highest BCUT2D eigenvalue weighted by Gasteiger charge is 2.26. The van der Waals surface area contributed by atoms with Gasteiger partial charge in [-0.2, -0.15) is 0 Å². The van der Waals surface area contributed by atoms with Crippen LogP contribution in [0.5, 0.6) is 0 Å². The van der Waals surface area contributed by atoms with E-state index < -0.39 is 22.5 Å². The normalized spacial score (nSPS) is 11.3. The quantitative estimate of drug-likeness (QED) is 0.898. The van der Waals surface area contributed by atoms with Crippen LogP contribution in [0, 0.1) is 13.8 Å². The molecule has 0 fully saturated rings. The van der Waals surface area contributed by atoms with Gasteiger partial charge in [0.25, 0.3) is 10.0 Å². The van der Waals surface area contributed by atoms with Gasteiger partial charge in [-0.3, -0.25) is 9.10 Å². The molecule has 2 aromatic carbocycles. The van der Waals surface area contributed by atoms with Crippen molar-refractivity contribution in [3.05, 3.63) is 58.6 Å². The smallest absolute Gasteiger partial charge is 0.264 e. The Hall–Kier alpha value is -2.05. The molecule has 5 nitrogen and oxygen atoms in total. The number of halogens is 1. The summed E-state index contributed by atoms with van der Waals surface area (Å²) >= 11 is 5.98. The predicted molar refractivity (Wildman–Crippen MR) is 91.1 cm³/mol. The molecule has 0 aliphatic heterocycles. The minimum absolute atomic E-state index is 0.0944. The number of carbonyl (C=O) groups is 1. The summed E-state index contributed by atoms with van der Waals surface area (Å²) in [6.07, 6.45) is 0. The van der Waals surface area contributed by atoms with Crippen LogP contribution in [0.3, 0.4) is 0 Å². The fourth-order valence-corrected chi connectivity index (χ4v) is 3.62. The van der Waals surface area contributed by atoms with E-state index in [4.69, 9.17) is 17.3 Å². The van der Waals surface area contributed by atoms with Gasteiger partial charge in [-0.15, -0.1) is 0 Å². The molecule has 0 aliphatic carbocycles. The fourth-order valence-electron chi connectivity index (χ4n) is 2.08. The van der Waals surface area contributed by atoms with Crippen LogP contribution in [0.1, 0.15) is 11.1 Å². The first kappa shape index (κ1) is 17.3. The first-order valence-electron chi connectivity index (χ1n) is 6.85. The Balaban J connectivity index is 2.55. The van der Waals surface area contributed by atoms with Gasteiger partial charge in [0, 0.05) is 5.02 Å². The number of nitrogens with two attached hydrogens (primary N) is 1. The van der Waals surface area contributed by atoms with E-state index >= 15 is 0 Å². The van der Waals surface area contributed by atoms with Crippen molar-refractivity contribution < 1.29 is 13.2 Å². The van der Waals surface area contributed by atoms with Crippen molar-refractivity contribution in [2.75, 3.05) is 10.8 Å². The molecule has 0 aliphatic rings. The molecular weight excluding hydrogens is 336 g/mol. The number of carbonyl (C=O) groups excluding carboxylic acids is 1. The molecule has 122 valence electrons. The second-order valence-corrected chi connectivity index (χ2v) is 7.49. The van der Waals surface area contributed by atoms with Crippen molar-refractivity contribution >= 4 is 33.2 Å². The molecule has 7 heteroatoms.